The summed E-state index contributed by atoms with van der Waals surface area (Å²) in [6.07, 6.45) is 3.65. The van der Waals surface area contributed by atoms with Crippen molar-refractivity contribution in [2.75, 3.05) is 21.0 Å². The Morgan fingerprint density at radius 1 is 1.40 bits per heavy atom. The van der Waals surface area contributed by atoms with E-state index in [2.05, 4.69) is 6.07 Å². The molecule has 2 aliphatic carbocycles. The maximum absolute atomic E-state index is 9.30. The molecule has 3 rings (SSSR count). The molecule has 4 nitrogen and oxygen atoms in total. The van der Waals surface area contributed by atoms with Gasteiger partial charge in [-0.15, -0.1) is 0 Å². The molecule has 0 aromatic heterocycles. The van der Waals surface area contributed by atoms with Gasteiger partial charge in [-0.2, -0.15) is 5.26 Å². The standard InChI is InChI=1S/C16H17NO3/c1-18-10-20-16-7-12(13(8-16)9-17)5-11-6-14(19-2)3-4-15(11)16/h3-4,6,8,12H,5,7,10H2,1-2H3/t12-,16-/m0/s1. The number of nitrogens with zero attached hydrogens (tertiary/aromatic N) is 1. The number of hydrogen-bond acceptors (Lipinski definition) is 4. The van der Waals surface area contributed by atoms with Gasteiger partial charge in [-0.05, 0) is 42.2 Å². The molecule has 2 bridgehead atoms. The molecule has 0 unspecified atom stereocenters. The first-order chi connectivity index (χ1) is 9.72. The van der Waals surface area contributed by atoms with Crippen molar-refractivity contribution in [3.63, 3.8) is 0 Å². The summed E-state index contributed by atoms with van der Waals surface area (Å²) < 4.78 is 16.3. The zero-order chi connectivity index (χ0) is 14.2. The van der Waals surface area contributed by atoms with Gasteiger partial charge in [0.05, 0.1) is 13.2 Å². The largest absolute Gasteiger partial charge is 0.497 e. The second kappa shape index (κ2) is 4.93. The fraction of sp³-hybridized carbons (Fsp3) is 0.438. The molecule has 0 heterocycles. The Labute approximate surface area is 118 Å². The van der Waals surface area contributed by atoms with Gasteiger partial charge < -0.3 is 14.2 Å². The maximum atomic E-state index is 9.30. The number of benzene rings is 1. The van der Waals surface area contributed by atoms with Crippen LogP contribution >= 0.6 is 0 Å². The molecule has 20 heavy (non-hydrogen) atoms. The lowest BCUT2D eigenvalue weighted by Gasteiger charge is -2.35. The van der Waals surface area contributed by atoms with Crippen LogP contribution < -0.4 is 4.74 Å². The first kappa shape index (κ1) is 13.2. The molecule has 0 radical (unpaired) electrons. The molecule has 0 N–H and O–H groups in total. The Balaban J connectivity index is 2.07. The summed E-state index contributed by atoms with van der Waals surface area (Å²) in [6.45, 7) is 0.216. The van der Waals surface area contributed by atoms with Crippen LogP contribution in [0.25, 0.3) is 0 Å². The highest BCUT2D eigenvalue weighted by molar-refractivity contribution is 5.50. The second-order valence-electron chi connectivity index (χ2n) is 5.28. The van der Waals surface area contributed by atoms with Crippen LogP contribution in [0, 0.1) is 17.2 Å². The van der Waals surface area contributed by atoms with Crippen LogP contribution in [0.15, 0.2) is 29.8 Å². The summed E-state index contributed by atoms with van der Waals surface area (Å²) in [5.41, 5.74) is 2.61. The van der Waals surface area contributed by atoms with E-state index in [0.29, 0.717) is 0 Å². The molecule has 0 spiro atoms. The third kappa shape index (κ3) is 1.91. The summed E-state index contributed by atoms with van der Waals surface area (Å²) in [5, 5.41) is 9.30. The van der Waals surface area contributed by atoms with Gasteiger partial charge >= 0.3 is 0 Å². The lowest BCUT2D eigenvalue weighted by atomic mass is 9.78. The van der Waals surface area contributed by atoms with Crippen LogP contribution in [0.3, 0.4) is 0 Å². The summed E-state index contributed by atoms with van der Waals surface area (Å²) in [7, 11) is 3.27. The number of fused-ring (bicyclic) bond motifs is 4. The van der Waals surface area contributed by atoms with Crippen molar-refractivity contribution in [2.45, 2.75) is 18.4 Å². The average molecular weight is 271 g/mol. The molecule has 104 valence electrons. The van der Waals surface area contributed by atoms with Gasteiger partial charge in [-0.25, -0.2) is 0 Å². The number of allylic oxidation sites excluding steroid dienone is 1. The molecule has 0 saturated carbocycles. The predicted molar refractivity (Wildman–Crippen MR) is 73.1 cm³/mol. The van der Waals surface area contributed by atoms with Crippen LogP contribution in [0.5, 0.6) is 5.75 Å². The quantitative estimate of drug-likeness (QED) is 0.790. The molecule has 4 heteroatoms. The lowest BCUT2D eigenvalue weighted by Crippen LogP contribution is -2.32. The van der Waals surface area contributed by atoms with Gasteiger partial charge in [-0.1, -0.05) is 6.07 Å². The number of nitriles is 1. The third-order valence-electron chi connectivity index (χ3n) is 4.18. The molecular weight excluding hydrogens is 254 g/mol. The van der Waals surface area contributed by atoms with Gasteiger partial charge in [0, 0.05) is 18.6 Å². The van der Waals surface area contributed by atoms with Crippen LogP contribution in [0.1, 0.15) is 17.5 Å². The molecule has 0 saturated heterocycles. The van der Waals surface area contributed by atoms with Gasteiger partial charge in [-0.3, -0.25) is 0 Å². The molecular formula is C16H17NO3. The lowest BCUT2D eigenvalue weighted by molar-refractivity contribution is -0.117. The number of methoxy groups -OCH3 is 2. The highest BCUT2D eigenvalue weighted by Gasteiger charge is 2.46. The van der Waals surface area contributed by atoms with E-state index in [9.17, 15) is 5.26 Å². The van der Waals surface area contributed by atoms with Crippen molar-refractivity contribution in [2.24, 2.45) is 5.92 Å². The van der Waals surface area contributed by atoms with E-state index in [4.69, 9.17) is 14.2 Å². The van der Waals surface area contributed by atoms with Crippen molar-refractivity contribution in [1.82, 2.24) is 0 Å². The van der Waals surface area contributed by atoms with E-state index in [1.807, 2.05) is 24.3 Å². The predicted octanol–water partition coefficient (Wildman–Crippen LogP) is 2.54. The van der Waals surface area contributed by atoms with E-state index in [0.717, 1.165) is 29.7 Å². The highest BCUT2D eigenvalue weighted by Crippen LogP contribution is 2.50. The molecule has 1 aromatic carbocycles. The molecule has 2 atom stereocenters. The Morgan fingerprint density at radius 3 is 2.95 bits per heavy atom. The topological polar surface area (TPSA) is 51.5 Å². The van der Waals surface area contributed by atoms with E-state index < -0.39 is 5.60 Å². The zero-order valence-electron chi connectivity index (χ0n) is 11.7. The minimum atomic E-state index is -0.522. The van der Waals surface area contributed by atoms with E-state index in [1.54, 1.807) is 14.2 Å². The van der Waals surface area contributed by atoms with Crippen LogP contribution in [-0.2, 0) is 21.5 Å². The van der Waals surface area contributed by atoms with Gasteiger partial charge in [0.2, 0.25) is 0 Å². The van der Waals surface area contributed by atoms with Gasteiger partial charge in [0.15, 0.2) is 0 Å². The van der Waals surface area contributed by atoms with Crippen LogP contribution in [-0.4, -0.2) is 21.0 Å². The van der Waals surface area contributed by atoms with E-state index in [1.165, 1.54) is 5.56 Å². The maximum Gasteiger partial charge on any atom is 0.147 e. The monoisotopic (exact) mass is 271 g/mol. The smallest absolute Gasteiger partial charge is 0.147 e. The summed E-state index contributed by atoms with van der Waals surface area (Å²) >= 11 is 0. The van der Waals surface area contributed by atoms with Crippen molar-refractivity contribution >= 4 is 0 Å². The second-order valence-corrected chi connectivity index (χ2v) is 5.28. The Bertz CT molecular complexity index is 602. The molecule has 0 aliphatic heterocycles. The number of ether oxygens (including phenoxy) is 3. The highest BCUT2D eigenvalue weighted by atomic mass is 16.7. The fourth-order valence-corrected chi connectivity index (χ4v) is 3.28. The first-order valence-electron chi connectivity index (χ1n) is 6.65. The fourth-order valence-electron chi connectivity index (χ4n) is 3.28. The first-order valence-corrected chi connectivity index (χ1v) is 6.65. The normalized spacial score (nSPS) is 26.6. The molecule has 0 fully saturated rings. The minimum absolute atomic E-state index is 0.216. The van der Waals surface area contributed by atoms with Crippen molar-refractivity contribution in [1.29, 1.82) is 5.26 Å². The summed E-state index contributed by atoms with van der Waals surface area (Å²) in [5.74, 6) is 1.07. The SMILES string of the molecule is COCO[C@@]12C=C(C#N)[C@@H](Cc3cc(OC)ccc31)C2. The van der Waals surface area contributed by atoms with Crippen LogP contribution in [0.2, 0.25) is 0 Å². The summed E-state index contributed by atoms with van der Waals surface area (Å²) in [4.78, 5) is 0. The Kier molecular flexibility index (Phi) is 3.25. The Morgan fingerprint density at radius 2 is 2.25 bits per heavy atom. The average Bonchev–Trinajstić information content (AvgIpc) is 2.78. The van der Waals surface area contributed by atoms with E-state index in [-0.39, 0.29) is 12.7 Å². The molecule has 2 aliphatic rings. The number of hydrogen-bond donors (Lipinski definition) is 0. The van der Waals surface area contributed by atoms with E-state index >= 15 is 0 Å². The Hall–Kier alpha value is -1.83. The third-order valence-corrected chi connectivity index (χ3v) is 4.18. The van der Waals surface area contributed by atoms with Gasteiger partial charge in [0.25, 0.3) is 0 Å². The van der Waals surface area contributed by atoms with Crippen molar-refractivity contribution < 1.29 is 14.2 Å². The van der Waals surface area contributed by atoms with Crippen molar-refractivity contribution in [3.8, 4) is 11.8 Å². The van der Waals surface area contributed by atoms with Gasteiger partial charge in [0.1, 0.15) is 18.1 Å². The minimum Gasteiger partial charge on any atom is -0.497 e. The van der Waals surface area contributed by atoms with Crippen LogP contribution in [0.4, 0.5) is 0 Å². The zero-order valence-corrected chi connectivity index (χ0v) is 11.7. The van der Waals surface area contributed by atoms with Crippen molar-refractivity contribution in [3.05, 3.63) is 41.0 Å². The summed E-state index contributed by atoms with van der Waals surface area (Å²) in [6, 6.07) is 8.33. The molecule has 0 amide bonds. The number of rotatable bonds is 4. The molecule has 1 aromatic rings.